The standard InChI is InChI=1S/C14H14F2N2O2/c1-3-20-12(19)8-9(2)13-17-10-6-4-5-7-11(10)18(13)14(15)16/h4-8,14H,3H2,1-2H3/b9-8-. The van der Waals surface area contributed by atoms with Crippen molar-refractivity contribution in [2.45, 2.75) is 20.4 Å². The molecule has 6 heteroatoms. The van der Waals surface area contributed by atoms with E-state index >= 15 is 0 Å². The Morgan fingerprint density at radius 1 is 1.45 bits per heavy atom. The predicted octanol–water partition coefficient (Wildman–Crippen LogP) is 3.40. The zero-order valence-corrected chi connectivity index (χ0v) is 11.1. The van der Waals surface area contributed by atoms with Gasteiger partial charge in [-0.15, -0.1) is 0 Å². The van der Waals surface area contributed by atoms with Crippen LogP contribution in [0, 0.1) is 0 Å². The third-order valence-corrected chi connectivity index (χ3v) is 2.76. The van der Waals surface area contributed by atoms with E-state index in [0.29, 0.717) is 16.6 Å². The van der Waals surface area contributed by atoms with Gasteiger partial charge in [-0.05, 0) is 31.6 Å². The summed E-state index contributed by atoms with van der Waals surface area (Å²) in [5, 5.41) is 0. The van der Waals surface area contributed by atoms with Crippen molar-refractivity contribution >= 4 is 22.6 Å². The second kappa shape index (κ2) is 5.81. The van der Waals surface area contributed by atoms with Gasteiger partial charge in [-0.3, -0.25) is 4.57 Å². The van der Waals surface area contributed by atoms with Gasteiger partial charge in [0, 0.05) is 6.08 Å². The average Bonchev–Trinajstić information content (AvgIpc) is 2.78. The monoisotopic (exact) mass is 280 g/mol. The maximum absolute atomic E-state index is 13.2. The Kier molecular flexibility index (Phi) is 4.12. The molecular formula is C14H14F2N2O2. The number of hydrogen-bond acceptors (Lipinski definition) is 3. The molecule has 106 valence electrons. The van der Waals surface area contributed by atoms with Crippen molar-refractivity contribution < 1.29 is 18.3 Å². The number of imidazole rings is 1. The molecule has 0 amide bonds. The van der Waals surface area contributed by atoms with E-state index in [4.69, 9.17) is 4.74 Å². The Morgan fingerprint density at radius 3 is 2.80 bits per heavy atom. The summed E-state index contributed by atoms with van der Waals surface area (Å²) in [6.07, 6.45) is 1.17. The molecule has 0 bridgehead atoms. The lowest BCUT2D eigenvalue weighted by Gasteiger charge is -2.07. The summed E-state index contributed by atoms with van der Waals surface area (Å²) in [5.74, 6) is -0.507. The van der Waals surface area contributed by atoms with Crippen molar-refractivity contribution in [1.82, 2.24) is 9.55 Å². The minimum Gasteiger partial charge on any atom is -0.463 e. The number of halogens is 2. The average molecular weight is 280 g/mol. The number of ether oxygens (including phenoxy) is 1. The number of hydrogen-bond donors (Lipinski definition) is 0. The highest BCUT2D eigenvalue weighted by molar-refractivity contribution is 5.91. The van der Waals surface area contributed by atoms with E-state index in [0.717, 1.165) is 4.57 Å². The molecular weight excluding hydrogens is 266 g/mol. The first-order valence-electron chi connectivity index (χ1n) is 6.15. The zero-order chi connectivity index (χ0) is 14.7. The number of para-hydroxylation sites is 2. The van der Waals surface area contributed by atoms with Gasteiger partial charge >= 0.3 is 12.5 Å². The number of aromatic nitrogens is 2. The van der Waals surface area contributed by atoms with Gasteiger partial charge in [-0.1, -0.05) is 12.1 Å². The van der Waals surface area contributed by atoms with Gasteiger partial charge < -0.3 is 4.74 Å². The molecule has 20 heavy (non-hydrogen) atoms. The fourth-order valence-corrected chi connectivity index (χ4v) is 1.95. The molecule has 0 aliphatic rings. The molecule has 0 fully saturated rings. The Balaban J connectivity index is 2.53. The van der Waals surface area contributed by atoms with E-state index in [1.165, 1.54) is 6.08 Å². The number of allylic oxidation sites excluding steroid dienone is 1. The molecule has 0 spiro atoms. The van der Waals surface area contributed by atoms with E-state index in [1.807, 2.05) is 0 Å². The lowest BCUT2D eigenvalue weighted by molar-refractivity contribution is -0.137. The summed E-state index contributed by atoms with van der Waals surface area (Å²) in [6.45, 7) is 0.725. The molecule has 0 atom stereocenters. The number of rotatable bonds is 4. The maximum atomic E-state index is 13.2. The van der Waals surface area contributed by atoms with E-state index in [9.17, 15) is 13.6 Å². The van der Waals surface area contributed by atoms with Crippen molar-refractivity contribution in [3.05, 3.63) is 36.2 Å². The molecule has 1 aromatic carbocycles. The fraction of sp³-hybridized carbons (Fsp3) is 0.286. The molecule has 0 saturated heterocycles. The smallest absolute Gasteiger partial charge is 0.331 e. The highest BCUT2D eigenvalue weighted by Gasteiger charge is 2.18. The summed E-state index contributed by atoms with van der Waals surface area (Å²) in [7, 11) is 0. The topological polar surface area (TPSA) is 44.1 Å². The molecule has 0 aliphatic carbocycles. The molecule has 2 rings (SSSR count). The molecule has 1 aromatic heterocycles. The van der Waals surface area contributed by atoms with Gasteiger partial charge in [0.05, 0.1) is 17.6 Å². The van der Waals surface area contributed by atoms with Crippen LogP contribution >= 0.6 is 0 Å². The third-order valence-electron chi connectivity index (χ3n) is 2.76. The first-order chi connectivity index (χ1) is 9.54. The van der Waals surface area contributed by atoms with Crippen LogP contribution in [0.3, 0.4) is 0 Å². The van der Waals surface area contributed by atoms with Crippen molar-refractivity contribution in [3.63, 3.8) is 0 Å². The van der Waals surface area contributed by atoms with Crippen LogP contribution in [-0.2, 0) is 9.53 Å². The number of carbonyl (C=O) groups is 1. The highest BCUT2D eigenvalue weighted by atomic mass is 19.3. The Bertz CT molecular complexity index is 662. The second-order valence-electron chi connectivity index (χ2n) is 4.15. The first-order valence-corrected chi connectivity index (χ1v) is 6.15. The van der Waals surface area contributed by atoms with Crippen LogP contribution in [0.25, 0.3) is 16.6 Å². The maximum Gasteiger partial charge on any atom is 0.331 e. The lowest BCUT2D eigenvalue weighted by Crippen LogP contribution is -2.05. The third kappa shape index (κ3) is 2.68. The van der Waals surface area contributed by atoms with Gasteiger partial charge in [-0.2, -0.15) is 8.78 Å². The normalized spacial score (nSPS) is 12.2. The summed E-state index contributed by atoms with van der Waals surface area (Å²) in [6, 6.07) is 6.60. The van der Waals surface area contributed by atoms with Gasteiger partial charge in [0.1, 0.15) is 5.82 Å². The molecule has 0 unspecified atom stereocenters. The summed E-state index contributed by atoms with van der Waals surface area (Å²) in [4.78, 5) is 15.6. The minimum absolute atomic E-state index is 0.0641. The van der Waals surface area contributed by atoms with Crippen LogP contribution in [0.1, 0.15) is 26.2 Å². The van der Waals surface area contributed by atoms with Crippen LogP contribution in [0.4, 0.5) is 8.78 Å². The van der Waals surface area contributed by atoms with E-state index in [2.05, 4.69) is 4.98 Å². The summed E-state index contributed by atoms with van der Waals surface area (Å²) < 4.78 is 32.0. The predicted molar refractivity (Wildman–Crippen MR) is 71.3 cm³/mol. The van der Waals surface area contributed by atoms with Crippen LogP contribution in [0.15, 0.2) is 30.3 Å². The second-order valence-corrected chi connectivity index (χ2v) is 4.15. The first kappa shape index (κ1) is 14.2. The molecule has 0 radical (unpaired) electrons. The number of alkyl halides is 2. The zero-order valence-electron chi connectivity index (χ0n) is 11.1. The van der Waals surface area contributed by atoms with Crippen LogP contribution < -0.4 is 0 Å². The van der Waals surface area contributed by atoms with Gasteiger partial charge in [0.2, 0.25) is 0 Å². The minimum atomic E-state index is -2.73. The van der Waals surface area contributed by atoms with Crippen molar-refractivity contribution in [1.29, 1.82) is 0 Å². The van der Waals surface area contributed by atoms with Crippen molar-refractivity contribution in [2.24, 2.45) is 0 Å². The Hall–Kier alpha value is -2.24. The molecule has 0 saturated carbocycles. The van der Waals surface area contributed by atoms with E-state index in [1.54, 1.807) is 38.1 Å². The summed E-state index contributed by atoms with van der Waals surface area (Å²) in [5.41, 5.74) is 1.12. The Morgan fingerprint density at radius 2 is 2.15 bits per heavy atom. The largest absolute Gasteiger partial charge is 0.463 e. The van der Waals surface area contributed by atoms with Gasteiger partial charge in [0.15, 0.2) is 0 Å². The number of nitrogens with zero attached hydrogens (tertiary/aromatic N) is 2. The molecule has 4 nitrogen and oxygen atoms in total. The lowest BCUT2D eigenvalue weighted by atomic mass is 10.2. The Labute approximate surface area is 114 Å². The highest BCUT2D eigenvalue weighted by Crippen LogP contribution is 2.26. The molecule has 2 aromatic rings. The number of carbonyl (C=O) groups excluding carboxylic acids is 1. The summed E-state index contributed by atoms with van der Waals surface area (Å²) >= 11 is 0. The van der Waals surface area contributed by atoms with E-state index in [-0.39, 0.29) is 12.4 Å². The quantitative estimate of drug-likeness (QED) is 0.637. The molecule has 1 heterocycles. The molecule has 0 aliphatic heterocycles. The fourth-order valence-electron chi connectivity index (χ4n) is 1.95. The SMILES string of the molecule is CCOC(=O)/C=C(/C)c1nc2ccccc2n1C(F)F. The molecule has 0 N–H and O–H groups in total. The van der Waals surface area contributed by atoms with E-state index < -0.39 is 12.5 Å². The van der Waals surface area contributed by atoms with Crippen LogP contribution in [-0.4, -0.2) is 22.1 Å². The number of fused-ring (bicyclic) bond motifs is 1. The van der Waals surface area contributed by atoms with Gasteiger partial charge in [0.25, 0.3) is 0 Å². The van der Waals surface area contributed by atoms with Gasteiger partial charge in [-0.25, -0.2) is 9.78 Å². The van der Waals surface area contributed by atoms with Crippen LogP contribution in [0.2, 0.25) is 0 Å². The number of benzene rings is 1. The van der Waals surface area contributed by atoms with Crippen molar-refractivity contribution in [3.8, 4) is 0 Å². The van der Waals surface area contributed by atoms with Crippen LogP contribution in [0.5, 0.6) is 0 Å². The number of esters is 1. The van der Waals surface area contributed by atoms with Crippen molar-refractivity contribution in [2.75, 3.05) is 6.61 Å².